The molecule has 0 spiro atoms. The molecule has 1 aliphatic carbocycles. The maximum Gasteiger partial charge on any atom is 0.0419 e. The number of nitrogens with zero attached hydrogens (tertiary/aromatic N) is 1. The summed E-state index contributed by atoms with van der Waals surface area (Å²) in [4.78, 5) is 2.63. The Hall–Kier alpha value is -1.18. The van der Waals surface area contributed by atoms with E-state index in [0.717, 1.165) is 17.6 Å². The number of benzene rings is 1. The smallest absolute Gasteiger partial charge is 0.0419 e. The molecule has 1 aliphatic heterocycles. The summed E-state index contributed by atoms with van der Waals surface area (Å²) in [7, 11) is 0. The number of rotatable bonds is 1. The third-order valence-corrected chi connectivity index (χ3v) is 4.54. The molecule has 92 valence electrons. The van der Waals surface area contributed by atoms with E-state index >= 15 is 0 Å². The van der Waals surface area contributed by atoms with Crippen molar-refractivity contribution >= 4 is 11.4 Å². The zero-order chi connectivity index (χ0) is 11.8. The van der Waals surface area contributed by atoms with Crippen LogP contribution in [0.2, 0.25) is 0 Å². The molecule has 2 heteroatoms. The van der Waals surface area contributed by atoms with E-state index in [-0.39, 0.29) is 0 Å². The fourth-order valence-electron chi connectivity index (χ4n) is 3.69. The SMILES string of the molecule is Cc1ccc(N)cc1N1CCCC2CCCC21. The summed E-state index contributed by atoms with van der Waals surface area (Å²) >= 11 is 0. The largest absolute Gasteiger partial charge is 0.399 e. The van der Waals surface area contributed by atoms with E-state index < -0.39 is 0 Å². The van der Waals surface area contributed by atoms with Gasteiger partial charge in [-0.05, 0) is 56.2 Å². The van der Waals surface area contributed by atoms with E-state index in [4.69, 9.17) is 5.73 Å². The highest BCUT2D eigenvalue weighted by molar-refractivity contribution is 5.61. The second-order valence-electron chi connectivity index (χ2n) is 5.64. The summed E-state index contributed by atoms with van der Waals surface area (Å²) in [6.45, 7) is 3.42. The van der Waals surface area contributed by atoms with E-state index in [1.54, 1.807) is 0 Å². The summed E-state index contributed by atoms with van der Waals surface area (Å²) < 4.78 is 0. The molecule has 2 atom stereocenters. The van der Waals surface area contributed by atoms with Crippen LogP contribution < -0.4 is 10.6 Å². The van der Waals surface area contributed by atoms with Crippen LogP contribution in [0.1, 0.15) is 37.7 Å². The van der Waals surface area contributed by atoms with Crippen LogP contribution in [0.25, 0.3) is 0 Å². The van der Waals surface area contributed by atoms with Gasteiger partial charge in [-0.3, -0.25) is 0 Å². The normalized spacial score (nSPS) is 28.2. The second-order valence-corrected chi connectivity index (χ2v) is 5.64. The molecule has 2 aliphatic rings. The Labute approximate surface area is 104 Å². The number of nitrogens with two attached hydrogens (primary N) is 1. The molecule has 3 rings (SSSR count). The Kier molecular flexibility index (Phi) is 2.73. The molecule has 1 heterocycles. The number of hydrogen-bond donors (Lipinski definition) is 1. The van der Waals surface area contributed by atoms with E-state index in [1.165, 1.54) is 49.9 Å². The standard InChI is InChI=1S/C15H22N2/c1-11-7-8-13(16)10-15(11)17-9-3-5-12-4-2-6-14(12)17/h7-8,10,12,14H,2-6,9,16H2,1H3. The molecule has 1 aromatic carbocycles. The highest BCUT2D eigenvalue weighted by Crippen LogP contribution is 2.40. The number of piperidine rings is 1. The van der Waals surface area contributed by atoms with Gasteiger partial charge in [0.1, 0.15) is 0 Å². The molecule has 1 aromatic rings. The molecule has 2 fully saturated rings. The van der Waals surface area contributed by atoms with Gasteiger partial charge in [0, 0.05) is 24.0 Å². The van der Waals surface area contributed by atoms with Gasteiger partial charge in [0.25, 0.3) is 0 Å². The lowest BCUT2D eigenvalue weighted by molar-refractivity contribution is 0.362. The van der Waals surface area contributed by atoms with Gasteiger partial charge in [0.05, 0.1) is 0 Å². The molecule has 1 saturated heterocycles. The van der Waals surface area contributed by atoms with Crippen LogP contribution >= 0.6 is 0 Å². The van der Waals surface area contributed by atoms with Crippen molar-refractivity contribution in [3.63, 3.8) is 0 Å². The quantitative estimate of drug-likeness (QED) is 0.750. The van der Waals surface area contributed by atoms with Gasteiger partial charge in [-0.2, -0.15) is 0 Å². The Balaban J connectivity index is 1.94. The summed E-state index contributed by atoms with van der Waals surface area (Å²) in [6.07, 6.45) is 6.99. The predicted octanol–water partition coefficient (Wildman–Crippen LogP) is 3.35. The van der Waals surface area contributed by atoms with Gasteiger partial charge in [0.2, 0.25) is 0 Å². The Morgan fingerprint density at radius 3 is 2.88 bits per heavy atom. The maximum atomic E-state index is 5.94. The first-order chi connectivity index (χ1) is 8.25. The van der Waals surface area contributed by atoms with Crippen molar-refractivity contribution in [2.24, 2.45) is 5.92 Å². The van der Waals surface area contributed by atoms with Crippen molar-refractivity contribution < 1.29 is 0 Å². The molecule has 2 unspecified atom stereocenters. The molecule has 0 aromatic heterocycles. The molecule has 2 nitrogen and oxygen atoms in total. The van der Waals surface area contributed by atoms with Crippen LogP contribution in [0.4, 0.5) is 11.4 Å². The van der Waals surface area contributed by atoms with E-state index in [2.05, 4.69) is 24.0 Å². The van der Waals surface area contributed by atoms with Crippen LogP contribution in [-0.4, -0.2) is 12.6 Å². The zero-order valence-corrected chi connectivity index (χ0v) is 10.7. The fourth-order valence-corrected chi connectivity index (χ4v) is 3.69. The fraction of sp³-hybridized carbons (Fsp3) is 0.600. The highest BCUT2D eigenvalue weighted by atomic mass is 15.2. The Morgan fingerprint density at radius 1 is 1.18 bits per heavy atom. The van der Waals surface area contributed by atoms with Gasteiger partial charge >= 0.3 is 0 Å². The topological polar surface area (TPSA) is 29.3 Å². The predicted molar refractivity (Wildman–Crippen MR) is 73.3 cm³/mol. The first-order valence-corrected chi connectivity index (χ1v) is 6.88. The minimum absolute atomic E-state index is 0.782. The Bertz CT molecular complexity index is 413. The van der Waals surface area contributed by atoms with Crippen molar-refractivity contribution in [1.82, 2.24) is 0 Å². The molecule has 0 bridgehead atoms. The number of anilines is 2. The van der Waals surface area contributed by atoms with Crippen molar-refractivity contribution in [1.29, 1.82) is 0 Å². The summed E-state index contributed by atoms with van der Waals surface area (Å²) in [6, 6.07) is 7.11. The maximum absolute atomic E-state index is 5.94. The van der Waals surface area contributed by atoms with E-state index in [0.29, 0.717) is 0 Å². The second kappa shape index (κ2) is 4.25. The highest BCUT2D eigenvalue weighted by Gasteiger charge is 2.35. The van der Waals surface area contributed by atoms with Gasteiger partial charge in [-0.15, -0.1) is 0 Å². The monoisotopic (exact) mass is 230 g/mol. The van der Waals surface area contributed by atoms with Crippen LogP contribution in [0, 0.1) is 12.8 Å². The van der Waals surface area contributed by atoms with Crippen molar-refractivity contribution in [3.05, 3.63) is 23.8 Å². The van der Waals surface area contributed by atoms with Crippen LogP contribution in [0.3, 0.4) is 0 Å². The zero-order valence-electron chi connectivity index (χ0n) is 10.7. The van der Waals surface area contributed by atoms with Crippen molar-refractivity contribution in [2.75, 3.05) is 17.2 Å². The van der Waals surface area contributed by atoms with Gasteiger partial charge < -0.3 is 10.6 Å². The van der Waals surface area contributed by atoms with Crippen LogP contribution in [0.5, 0.6) is 0 Å². The average Bonchev–Trinajstić information content (AvgIpc) is 2.80. The lowest BCUT2D eigenvalue weighted by atomic mass is 9.91. The van der Waals surface area contributed by atoms with E-state index in [9.17, 15) is 0 Å². The van der Waals surface area contributed by atoms with Crippen molar-refractivity contribution in [2.45, 2.75) is 45.1 Å². The number of nitrogen functional groups attached to an aromatic ring is 1. The van der Waals surface area contributed by atoms with Gasteiger partial charge in [0.15, 0.2) is 0 Å². The first-order valence-electron chi connectivity index (χ1n) is 6.88. The number of fused-ring (bicyclic) bond motifs is 1. The first kappa shape index (κ1) is 10.9. The van der Waals surface area contributed by atoms with Crippen LogP contribution in [-0.2, 0) is 0 Å². The molecule has 2 N–H and O–H groups in total. The minimum atomic E-state index is 0.782. The van der Waals surface area contributed by atoms with Crippen LogP contribution in [0.15, 0.2) is 18.2 Å². The average molecular weight is 230 g/mol. The molecular weight excluding hydrogens is 208 g/mol. The van der Waals surface area contributed by atoms with E-state index in [1.807, 2.05) is 6.07 Å². The molecule has 17 heavy (non-hydrogen) atoms. The third-order valence-electron chi connectivity index (χ3n) is 4.54. The van der Waals surface area contributed by atoms with Gasteiger partial charge in [-0.1, -0.05) is 12.5 Å². The number of hydrogen-bond acceptors (Lipinski definition) is 2. The lowest BCUT2D eigenvalue weighted by Crippen LogP contribution is -2.43. The lowest BCUT2D eigenvalue weighted by Gasteiger charge is -2.40. The molecular formula is C15H22N2. The summed E-state index contributed by atoms with van der Waals surface area (Å²) in [5, 5.41) is 0. The molecule has 0 radical (unpaired) electrons. The third kappa shape index (κ3) is 1.90. The molecule has 1 saturated carbocycles. The van der Waals surface area contributed by atoms with Crippen molar-refractivity contribution in [3.8, 4) is 0 Å². The Morgan fingerprint density at radius 2 is 2.00 bits per heavy atom. The minimum Gasteiger partial charge on any atom is -0.399 e. The van der Waals surface area contributed by atoms with Gasteiger partial charge in [-0.25, -0.2) is 0 Å². The number of aryl methyl sites for hydroxylation is 1. The molecule has 0 amide bonds. The summed E-state index contributed by atoms with van der Waals surface area (Å²) in [5.74, 6) is 0.935. The summed E-state index contributed by atoms with van der Waals surface area (Å²) in [5.41, 5.74) is 9.58.